The van der Waals surface area contributed by atoms with Crippen molar-refractivity contribution in [3.63, 3.8) is 0 Å². The molecule has 0 aliphatic rings. The zero-order valence-electron chi connectivity index (χ0n) is 15.6. The van der Waals surface area contributed by atoms with Gasteiger partial charge in [-0.15, -0.1) is 0 Å². The van der Waals surface area contributed by atoms with Crippen molar-refractivity contribution in [3.05, 3.63) is 57.8 Å². The van der Waals surface area contributed by atoms with Gasteiger partial charge in [0.25, 0.3) is 5.91 Å². The molecule has 130 valence electrons. The summed E-state index contributed by atoms with van der Waals surface area (Å²) >= 11 is 0. The number of carbonyl (C=O) groups excluding carboxylic acids is 1. The molecule has 3 aromatic rings. The number of rotatable bonds is 3. The maximum Gasteiger partial charge on any atom is 0.259 e. The van der Waals surface area contributed by atoms with Crippen molar-refractivity contribution < 1.29 is 4.79 Å². The summed E-state index contributed by atoms with van der Waals surface area (Å²) in [4.78, 5) is 23.8. The van der Waals surface area contributed by atoms with E-state index in [1.807, 2.05) is 52.8 Å². The smallest absolute Gasteiger partial charge is 0.259 e. The minimum absolute atomic E-state index is 0.0917. The highest BCUT2D eigenvalue weighted by atomic mass is 16.2. The molecule has 6 nitrogen and oxygen atoms in total. The Balaban J connectivity index is 1.97. The van der Waals surface area contributed by atoms with E-state index in [0.717, 1.165) is 28.3 Å². The van der Waals surface area contributed by atoms with Crippen molar-refractivity contribution in [1.29, 1.82) is 0 Å². The quantitative estimate of drug-likeness (QED) is 0.737. The average molecular weight is 337 g/mol. The highest BCUT2D eigenvalue weighted by molar-refractivity contribution is 6.00. The monoisotopic (exact) mass is 337 g/mol. The number of aryl methyl sites for hydroxylation is 5. The summed E-state index contributed by atoms with van der Waals surface area (Å²) in [6.45, 7) is 10.2. The molecule has 0 aliphatic heterocycles. The van der Waals surface area contributed by atoms with Gasteiger partial charge in [-0.2, -0.15) is 5.10 Å². The fraction of sp³-hybridized carbons (Fsp3) is 0.368. The normalized spacial score (nSPS) is 11.1. The van der Waals surface area contributed by atoms with E-state index in [1.165, 1.54) is 0 Å². The molecule has 0 unspecified atom stereocenters. The van der Waals surface area contributed by atoms with Gasteiger partial charge in [0.15, 0.2) is 5.65 Å². The summed E-state index contributed by atoms with van der Waals surface area (Å²) in [7, 11) is 1.78. The number of amides is 1. The van der Waals surface area contributed by atoms with E-state index in [4.69, 9.17) is 0 Å². The van der Waals surface area contributed by atoms with Gasteiger partial charge in [0.05, 0.1) is 17.9 Å². The van der Waals surface area contributed by atoms with Crippen LogP contribution in [0.1, 0.15) is 44.4 Å². The van der Waals surface area contributed by atoms with Crippen molar-refractivity contribution in [2.24, 2.45) is 0 Å². The number of hydrogen-bond acceptors (Lipinski definition) is 4. The second-order valence-corrected chi connectivity index (χ2v) is 6.67. The predicted molar refractivity (Wildman–Crippen MR) is 96.7 cm³/mol. The Labute approximate surface area is 147 Å². The van der Waals surface area contributed by atoms with Gasteiger partial charge < -0.3 is 4.90 Å². The van der Waals surface area contributed by atoms with Crippen LogP contribution in [0, 0.1) is 34.6 Å². The zero-order chi connectivity index (χ0) is 18.3. The molecule has 0 aliphatic carbocycles. The minimum Gasteiger partial charge on any atom is -0.336 e. The van der Waals surface area contributed by atoms with Crippen molar-refractivity contribution in [2.75, 3.05) is 7.05 Å². The topological polar surface area (TPSA) is 63.4 Å². The van der Waals surface area contributed by atoms with E-state index < -0.39 is 0 Å². The predicted octanol–water partition coefficient (Wildman–Crippen LogP) is 2.94. The highest BCUT2D eigenvalue weighted by Crippen LogP contribution is 2.19. The van der Waals surface area contributed by atoms with E-state index in [1.54, 1.807) is 16.5 Å². The molecule has 0 atom stereocenters. The van der Waals surface area contributed by atoms with Gasteiger partial charge in [0.2, 0.25) is 0 Å². The number of carbonyl (C=O) groups is 1. The Morgan fingerprint density at radius 1 is 1.04 bits per heavy atom. The van der Waals surface area contributed by atoms with Crippen molar-refractivity contribution in [3.8, 4) is 0 Å². The lowest BCUT2D eigenvalue weighted by Crippen LogP contribution is -2.27. The van der Waals surface area contributed by atoms with Crippen LogP contribution in [-0.4, -0.2) is 37.4 Å². The van der Waals surface area contributed by atoms with Crippen LogP contribution in [0.3, 0.4) is 0 Å². The average Bonchev–Trinajstić information content (AvgIpc) is 2.81. The summed E-state index contributed by atoms with van der Waals surface area (Å²) in [5.74, 6) is -0.0917. The molecule has 3 aromatic heterocycles. The van der Waals surface area contributed by atoms with Crippen LogP contribution in [0.5, 0.6) is 0 Å². The largest absolute Gasteiger partial charge is 0.336 e. The van der Waals surface area contributed by atoms with Crippen LogP contribution >= 0.6 is 0 Å². The first-order chi connectivity index (χ1) is 11.8. The molecule has 1 amide bonds. The van der Waals surface area contributed by atoms with E-state index >= 15 is 0 Å². The van der Waals surface area contributed by atoms with Gasteiger partial charge in [-0.3, -0.25) is 9.78 Å². The van der Waals surface area contributed by atoms with Gasteiger partial charge in [-0.1, -0.05) is 0 Å². The Morgan fingerprint density at radius 2 is 1.72 bits per heavy atom. The number of aromatic nitrogens is 4. The van der Waals surface area contributed by atoms with E-state index in [0.29, 0.717) is 23.4 Å². The Bertz CT molecular complexity index is 953. The first kappa shape index (κ1) is 17.1. The second-order valence-electron chi connectivity index (χ2n) is 6.67. The van der Waals surface area contributed by atoms with Crippen LogP contribution in [0.25, 0.3) is 5.65 Å². The fourth-order valence-electron chi connectivity index (χ4n) is 3.19. The fourth-order valence-corrected chi connectivity index (χ4v) is 3.19. The van der Waals surface area contributed by atoms with Crippen LogP contribution in [0.2, 0.25) is 0 Å². The van der Waals surface area contributed by atoms with E-state index in [9.17, 15) is 4.79 Å². The molecular formula is C19H23N5O. The lowest BCUT2D eigenvalue weighted by molar-refractivity contribution is 0.0784. The van der Waals surface area contributed by atoms with Crippen molar-refractivity contribution >= 4 is 11.6 Å². The number of fused-ring (bicyclic) bond motifs is 1. The molecule has 0 N–H and O–H groups in total. The minimum atomic E-state index is -0.0917. The SMILES string of the molecule is Cc1cc(C)nc(CN(C)C(=O)c2c(C)nn3c(C)cc(C)nc23)c1. The third-order valence-electron chi connectivity index (χ3n) is 4.18. The summed E-state index contributed by atoms with van der Waals surface area (Å²) < 4.78 is 1.73. The Morgan fingerprint density at radius 3 is 2.40 bits per heavy atom. The molecule has 0 aromatic carbocycles. The van der Waals surface area contributed by atoms with Gasteiger partial charge in [0, 0.05) is 24.1 Å². The van der Waals surface area contributed by atoms with E-state index in [2.05, 4.69) is 15.1 Å². The van der Waals surface area contributed by atoms with E-state index in [-0.39, 0.29) is 5.91 Å². The molecule has 0 saturated heterocycles. The molecule has 6 heteroatoms. The zero-order valence-corrected chi connectivity index (χ0v) is 15.6. The molecule has 0 saturated carbocycles. The molecular weight excluding hydrogens is 314 g/mol. The van der Waals surface area contributed by atoms with Crippen LogP contribution < -0.4 is 0 Å². The molecule has 0 bridgehead atoms. The summed E-state index contributed by atoms with van der Waals surface area (Å²) in [6, 6.07) is 5.99. The van der Waals surface area contributed by atoms with Gasteiger partial charge in [-0.05, 0) is 58.4 Å². The van der Waals surface area contributed by atoms with Crippen LogP contribution in [-0.2, 0) is 6.54 Å². The van der Waals surface area contributed by atoms with Gasteiger partial charge in [0.1, 0.15) is 5.56 Å². The number of pyridine rings is 1. The molecule has 3 rings (SSSR count). The first-order valence-corrected chi connectivity index (χ1v) is 8.29. The Kier molecular flexibility index (Phi) is 4.29. The number of nitrogens with zero attached hydrogens (tertiary/aromatic N) is 5. The maximum atomic E-state index is 13.0. The summed E-state index contributed by atoms with van der Waals surface area (Å²) in [5.41, 5.74) is 6.66. The molecule has 0 radical (unpaired) electrons. The van der Waals surface area contributed by atoms with Crippen molar-refractivity contribution in [1.82, 2.24) is 24.5 Å². The van der Waals surface area contributed by atoms with Gasteiger partial charge >= 0.3 is 0 Å². The van der Waals surface area contributed by atoms with Crippen LogP contribution in [0.15, 0.2) is 18.2 Å². The summed E-state index contributed by atoms with van der Waals surface area (Å²) in [5, 5.41) is 4.48. The molecule has 0 fully saturated rings. The second kappa shape index (κ2) is 6.27. The van der Waals surface area contributed by atoms with Gasteiger partial charge in [-0.25, -0.2) is 9.50 Å². The number of hydrogen-bond donors (Lipinski definition) is 0. The molecule has 3 heterocycles. The lowest BCUT2D eigenvalue weighted by Gasteiger charge is -2.17. The van der Waals surface area contributed by atoms with Crippen LogP contribution in [0.4, 0.5) is 0 Å². The standard InChI is InChI=1S/C19H23N5O/c1-11-7-12(2)20-16(8-11)10-23(6)19(25)17-15(5)22-24-14(4)9-13(3)21-18(17)24/h7-9H,10H2,1-6H3. The first-order valence-electron chi connectivity index (χ1n) is 8.29. The Hall–Kier alpha value is -2.76. The maximum absolute atomic E-state index is 13.0. The molecule has 0 spiro atoms. The summed E-state index contributed by atoms with van der Waals surface area (Å²) in [6.07, 6.45) is 0. The highest BCUT2D eigenvalue weighted by Gasteiger charge is 2.23. The third-order valence-corrected chi connectivity index (χ3v) is 4.18. The lowest BCUT2D eigenvalue weighted by atomic mass is 10.2. The van der Waals surface area contributed by atoms with Crippen molar-refractivity contribution in [2.45, 2.75) is 41.2 Å². The third kappa shape index (κ3) is 3.24. The molecule has 25 heavy (non-hydrogen) atoms.